The minimum atomic E-state index is -0.293. The fourth-order valence-corrected chi connectivity index (χ4v) is 4.23. The van der Waals surface area contributed by atoms with E-state index in [0.717, 1.165) is 31.8 Å². The molecule has 7 heteroatoms. The van der Waals surface area contributed by atoms with Crippen molar-refractivity contribution in [3.05, 3.63) is 105 Å². The predicted octanol–water partition coefficient (Wildman–Crippen LogP) is 5.72. The van der Waals surface area contributed by atoms with Crippen LogP contribution in [-0.4, -0.2) is 23.3 Å². The number of carbonyl (C=O) groups is 1. The molecule has 34 heavy (non-hydrogen) atoms. The molecule has 0 atom stereocenters. The molecule has 0 bridgehead atoms. The van der Waals surface area contributed by atoms with Crippen LogP contribution in [0.5, 0.6) is 5.75 Å². The van der Waals surface area contributed by atoms with Crippen molar-refractivity contribution >= 4 is 34.7 Å². The Morgan fingerprint density at radius 1 is 1.09 bits per heavy atom. The summed E-state index contributed by atoms with van der Waals surface area (Å²) in [5, 5.41) is 12.7. The molecule has 1 aromatic heterocycles. The fraction of sp³-hybridized carbons (Fsp3) is 0.0741. The van der Waals surface area contributed by atoms with Crippen molar-refractivity contribution in [1.82, 2.24) is 9.99 Å². The summed E-state index contributed by atoms with van der Waals surface area (Å²) in [6.07, 6.45) is 1.57. The second kappa shape index (κ2) is 10.8. The fourth-order valence-electron chi connectivity index (χ4n) is 3.53. The quantitative estimate of drug-likeness (QED) is 0.178. The smallest absolute Gasteiger partial charge is 0.271 e. The molecule has 0 saturated heterocycles. The van der Waals surface area contributed by atoms with Crippen molar-refractivity contribution in [3.63, 3.8) is 0 Å². The van der Waals surface area contributed by atoms with E-state index in [-0.39, 0.29) is 12.5 Å². The van der Waals surface area contributed by atoms with Crippen LogP contribution in [-0.2, 0) is 0 Å². The third-order valence-corrected chi connectivity index (χ3v) is 6.00. The normalized spacial score (nSPS) is 10.7. The highest BCUT2D eigenvalue weighted by molar-refractivity contribution is 14.1. The van der Waals surface area contributed by atoms with Crippen LogP contribution < -0.4 is 10.2 Å². The maximum atomic E-state index is 12.5. The number of nitriles is 1. The molecule has 4 aromatic rings. The maximum Gasteiger partial charge on any atom is 0.271 e. The molecule has 1 N–H and O–H groups in total. The molecule has 0 aliphatic rings. The summed E-state index contributed by atoms with van der Waals surface area (Å²) in [5.41, 5.74) is 8.21. The molecular formula is C27H21IN4O2. The summed E-state index contributed by atoms with van der Waals surface area (Å²) in [6.45, 7) is 2.06. The number of hydrogen-bond acceptors (Lipinski definition) is 4. The van der Waals surface area contributed by atoms with Gasteiger partial charge in [0, 0.05) is 16.9 Å². The first kappa shape index (κ1) is 23.3. The van der Waals surface area contributed by atoms with Crippen LogP contribution in [0.3, 0.4) is 0 Å². The highest BCUT2D eigenvalue weighted by Gasteiger charge is 2.11. The van der Waals surface area contributed by atoms with Crippen molar-refractivity contribution in [3.8, 4) is 28.8 Å². The number of nitrogens with one attached hydrogen (secondary N) is 1. The highest BCUT2D eigenvalue weighted by Crippen LogP contribution is 2.26. The first-order valence-corrected chi connectivity index (χ1v) is 11.6. The van der Waals surface area contributed by atoms with Gasteiger partial charge in [-0.2, -0.15) is 10.4 Å². The van der Waals surface area contributed by atoms with Crippen LogP contribution in [0.4, 0.5) is 0 Å². The summed E-state index contributed by atoms with van der Waals surface area (Å²) in [6, 6.07) is 29.2. The first-order valence-electron chi connectivity index (χ1n) is 10.5. The number of rotatable bonds is 7. The summed E-state index contributed by atoms with van der Waals surface area (Å²) in [4.78, 5) is 12.5. The molecule has 0 aliphatic carbocycles. The molecule has 0 fully saturated rings. The average Bonchev–Trinajstić information content (AvgIpc) is 3.25. The minimum Gasteiger partial charge on any atom is -0.478 e. The van der Waals surface area contributed by atoms with Gasteiger partial charge in [-0.25, -0.2) is 5.43 Å². The highest BCUT2D eigenvalue weighted by atomic mass is 127. The summed E-state index contributed by atoms with van der Waals surface area (Å²) in [5.74, 6) is 0.343. The van der Waals surface area contributed by atoms with Gasteiger partial charge in [-0.05, 0) is 95.2 Å². The largest absolute Gasteiger partial charge is 0.478 e. The van der Waals surface area contributed by atoms with E-state index in [9.17, 15) is 4.79 Å². The number of benzene rings is 3. The lowest BCUT2D eigenvalue weighted by atomic mass is 10.1. The monoisotopic (exact) mass is 560 g/mol. The van der Waals surface area contributed by atoms with Gasteiger partial charge in [-0.1, -0.05) is 30.3 Å². The number of nitrogens with zero attached hydrogens (tertiary/aromatic N) is 3. The van der Waals surface area contributed by atoms with Crippen LogP contribution in [0, 0.1) is 21.8 Å². The molecule has 0 spiro atoms. The lowest BCUT2D eigenvalue weighted by Crippen LogP contribution is -2.17. The number of ether oxygens (including phenoxy) is 1. The summed E-state index contributed by atoms with van der Waals surface area (Å²) >= 11 is 2.13. The Morgan fingerprint density at radius 3 is 2.56 bits per heavy atom. The Morgan fingerprint density at radius 2 is 1.85 bits per heavy atom. The molecule has 168 valence electrons. The van der Waals surface area contributed by atoms with E-state index in [1.807, 2.05) is 48.5 Å². The third-order valence-electron chi connectivity index (χ3n) is 5.16. The van der Waals surface area contributed by atoms with Gasteiger partial charge in [0.1, 0.15) is 11.8 Å². The minimum absolute atomic E-state index is 0.00421. The SMILES string of the molecule is Cc1ccc(-c2ccccc2)n1-c1ccc(C(=O)N/N=C/c2ccc(OCC#N)c(I)c2)cc1. The molecular weight excluding hydrogens is 539 g/mol. The van der Waals surface area contributed by atoms with Crippen molar-refractivity contribution in [2.24, 2.45) is 5.10 Å². The Labute approximate surface area is 211 Å². The van der Waals surface area contributed by atoms with E-state index < -0.39 is 0 Å². The average molecular weight is 560 g/mol. The first-order chi connectivity index (χ1) is 16.6. The van der Waals surface area contributed by atoms with Crippen molar-refractivity contribution < 1.29 is 9.53 Å². The number of hydrogen-bond donors (Lipinski definition) is 1. The number of carbonyl (C=O) groups excluding carboxylic acids is 1. The Balaban J connectivity index is 1.44. The zero-order chi connectivity index (χ0) is 23.9. The zero-order valence-corrected chi connectivity index (χ0v) is 20.6. The zero-order valence-electron chi connectivity index (χ0n) is 18.4. The molecule has 0 unspecified atom stereocenters. The van der Waals surface area contributed by atoms with Crippen LogP contribution in [0.15, 0.2) is 90.0 Å². The van der Waals surface area contributed by atoms with Crippen LogP contribution in [0.25, 0.3) is 16.9 Å². The molecule has 0 aliphatic heterocycles. The molecule has 4 rings (SSSR count). The number of amides is 1. The maximum absolute atomic E-state index is 12.5. The Hall–Kier alpha value is -3.90. The third kappa shape index (κ3) is 5.35. The predicted molar refractivity (Wildman–Crippen MR) is 141 cm³/mol. The second-order valence-electron chi connectivity index (χ2n) is 7.44. The lowest BCUT2D eigenvalue weighted by Gasteiger charge is -2.12. The van der Waals surface area contributed by atoms with Gasteiger partial charge in [0.2, 0.25) is 0 Å². The number of hydrazone groups is 1. The van der Waals surface area contributed by atoms with Crippen molar-refractivity contribution in [2.75, 3.05) is 6.61 Å². The van der Waals surface area contributed by atoms with Gasteiger partial charge in [-0.3, -0.25) is 4.79 Å². The summed E-state index contributed by atoms with van der Waals surface area (Å²) in [7, 11) is 0. The van der Waals surface area contributed by atoms with Gasteiger partial charge < -0.3 is 9.30 Å². The van der Waals surface area contributed by atoms with Gasteiger partial charge in [-0.15, -0.1) is 0 Å². The van der Waals surface area contributed by atoms with E-state index in [0.29, 0.717) is 11.3 Å². The van der Waals surface area contributed by atoms with Gasteiger partial charge >= 0.3 is 0 Å². The van der Waals surface area contributed by atoms with E-state index in [1.165, 1.54) is 0 Å². The lowest BCUT2D eigenvalue weighted by molar-refractivity contribution is 0.0955. The van der Waals surface area contributed by atoms with Crippen LogP contribution in [0.1, 0.15) is 21.6 Å². The molecule has 1 heterocycles. The van der Waals surface area contributed by atoms with Crippen molar-refractivity contribution in [2.45, 2.75) is 6.92 Å². The van der Waals surface area contributed by atoms with E-state index in [1.54, 1.807) is 24.4 Å². The van der Waals surface area contributed by atoms with Gasteiger partial charge in [0.05, 0.1) is 15.5 Å². The van der Waals surface area contributed by atoms with E-state index >= 15 is 0 Å². The van der Waals surface area contributed by atoms with Gasteiger partial charge in [0.25, 0.3) is 5.91 Å². The van der Waals surface area contributed by atoms with Crippen molar-refractivity contribution in [1.29, 1.82) is 5.26 Å². The van der Waals surface area contributed by atoms with Gasteiger partial charge in [0.15, 0.2) is 6.61 Å². The standard InChI is InChI=1S/C27H21IN4O2/c1-19-7-13-25(21-5-3-2-4-6-21)32(19)23-11-9-22(10-12-23)27(33)31-30-18-20-8-14-26(24(28)17-20)34-16-15-29/h2-14,17-18H,16H2,1H3,(H,31,33)/b30-18+. The number of aryl methyl sites for hydroxylation is 1. The summed E-state index contributed by atoms with van der Waals surface area (Å²) < 4.78 is 8.36. The molecule has 0 saturated carbocycles. The molecule has 3 aromatic carbocycles. The molecule has 0 radical (unpaired) electrons. The molecule has 1 amide bonds. The second-order valence-corrected chi connectivity index (χ2v) is 8.61. The molecule has 6 nitrogen and oxygen atoms in total. The number of aromatic nitrogens is 1. The van der Waals surface area contributed by atoms with Crippen LogP contribution in [0.2, 0.25) is 0 Å². The van der Waals surface area contributed by atoms with E-state index in [4.69, 9.17) is 10.00 Å². The Kier molecular flexibility index (Phi) is 7.40. The Bertz CT molecular complexity index is 1370. The topological polar surface area (TPSA) is 79.4 Å². The number of halogens is 1. The van der Waals surface area contributed by atoms with E-state index in [2.05, 4.69) is 68.9 Å². The van der Waals surface area contributed by atoms with Crippen LogP contribution >= 0.6 is 22.6 Å².